The van der Waals surface area contributed by atoms with E-state index in [1.807, 2.05) is 0 Å². The molecule has 2 nitrogen and oxygen atoms in total. The molecule has 0 saturated heterocycles. The van der Waals surface area contributed by atoms with Gasteiger partial charge in [0, 0.05) is 12.1 Å². The van der Waals surface area contributed by atoms with Gasteiger partial charge in [-0.2, -0.15) is 0 Å². The third-order valence-electron chi connectivity index (χ3n) is 2.36. The first-order valence-electron chi connectivity index (χ1n) is 5.24. The number of nitrogens with zero attached hydrogens (tertiary/aromatic N) is 1. The van der Waals surface area contributed by atoms with Crippen LogP contribution >= 0.6 is 23.2 Å². The van der Waals surface area contributed by atoms with Gasteiger partial charge in [-0.05, 0) is 42.3 Å². The molecule has 0 unspecified atom stereocenters. The van der Waals surface area contributed by atoms with Crippen LogP contribution < -0.4 is 4.74 Å². The smallest absolute Gasteiger partial charge is 0.238 e. The lowest BCUT2D eigenvalue weighted by atomic mass is 10.2. The highest BCUT2D eigenvalue weighted by Crippen LogP contribution is 2.30. The van der Waals surface area contributed by atoms with Gasteiger partial charge < -0.3 is 4.74 Å². The average molecular weight is 286 g/mol. The fourth-order valence-electron chi connectivity index (χ4n) is 1.44. The van der Waals surface area contributed by atoms with Crippen molar-refractivity contribution in [2.75, 3.05) is 0 Å². The van der Waals surface area contributed by atoms with Gasteiger partial charge in [-0.3, -0.25) is 0 Å². The molecule has 2 rings (SSSR count). The van der Waals surface area contributed by atoms with Crippen LogP contribution in [0.15, 0.2) is 30.5 Å². The van der Waals surface area contributed by atoms with Crippen molar-refractivity contribution in [1.82, 2.24) is 4.98 Å². The molecule has 2 aromatic rings. The summed E-state index contributed by atoms with van der Waals surface area (Å²) in [6, 6.07) is 5.94. The Labute approximate surface area is 114 Å². The van der Waals surface area contributed by atoms with E-state index < -0.39 is 0 Å². The molecule has 0 atom stereocenters. The van der Waals surface area contributed by atoms with Crippen LogP contribution in [0.5, 0.6) is 11.6 Å². The van der Waals surface area contributed by atoms with Crippen molar-refractivity contribution in [3.05, 3.63) is 52.4 Å². The molecule has 1 aromatic carbocycles. The molecule has 0 aliphatic carbocycles. The lowest BCUT2D eigenvalue weighted by Gasteiger charge is -2.09. The minimum atomic E-state index is -0.309. The summed E-state index contributed by atoms with van der Waals surface area (Å²) in [5.41, 5.74) is 1.49. The summed E-state index contributed by atoms with van der Waals surface area (Å²) in [4.78, 5) is 4.08. The molecule has 0 saturated carbocycles. The normalized spacial score (nSPS) is 10.4. The molecule has 0 fully saturated rings. The molecule has 0 spiro atoms. The standard InChI is InChI=1S/C13H10Cl2FNO/c1-8-4-10(16)2-3-12(8)18-13-11(15)5-9(6-14)7-17-13/h2-5,7H,6H2,1H3. The number of ether oxygens (including phenoxy) is 1. The Morgan fingerprint density at radius 3 is 2.72 bits per heavy atom. The number of hydrogen-bond donors (Lipinski definition) is 0. The molecule has 0 aliphatic rings. The van der Waals surface area contributed by atoms with Gasteiger partial charge in [-0.25, -0.2) is 9.37 Å². The van der Waals surface area contributed by atoms with Crippen LogP contribution in [0.4, 0.5) is 4.39 Å². The van der Waals surface area contributed by atoms with Crippen LogP contribution in [0.3, 0.4) is 0 Å². The van der Waals surface area contributed by atoms with E-state index in [1.165, 1.54) is 18.2 Å². The first kappa shape index (κ1) is 13.1. The van der Waals surface area contributed by atoms with E-state index in [2.05, 4.69) is 4.98 Å². The zero-order chi connectivity index (χ0) is 13.1. The summed E-state index contributed by atoms with van der Waals surface area (Å²) in [6.45, 7) is 1.75. The fraction of sp³-hybridized carbons (Fsp3) is 0.154. The number of aryl methyl sites for hydroxylation is 1. The summed E-state index contributed by atoms with van der Waals surface area (Å²) >= 11 is 11.7. The van der Waals surface area contributed by atoms with E-state index >= 15 is 0 Å². The van der Waals surface area contributed by atoms with Gasteiger partial charge >= 0.3 is 0 Å². The Bertz CT molecular complexity index is 575. The highest BCUT2D eigenvalue weighted by molar-refractivity contribution is 6.32. The molecule has 0 amide bonds. The number of rotatable bonds is 3. The highest BCUT2D eigenvalue weighted by Gasteiger charge is 2.08. The van der Waals surface area contributed by atoms with Gasteiger partial charge in [0.15, 0.2) is 0 Å². The van der Waals surface area contributed by atoms with E-state index in [0.717, 1.165) is 5.56 Å². The molecule has 0 radical (unpaired) electrons. The molecular weight excluding hydrogens is 276 g/mol. The second-order valence-corrected chi connectivity index (χ2v) is 4.45. The van der Waals surface area contributed by atoms with Crippen molar-refractivity contribution in [2.24, 2.45) is 0 Å². The van der Waals surface area contributed by atoms with Gasteiger partial charge in [0.05, 0.1) is 0 Å². The summed E-state index contributed by atoms with van der Waals surface area (Å²) in [5.74, 6) is 0.823. The molecular formula is C13H10Cl2FNO. The maximum atomic E-state index is 13.0. The largest absolute Gasteiger partial charge is 0.437 e. The fourth-order valence-corrected chi connectivity index (χ4v) is 1.82. The third kappa shape index (κ3) is 2.92. The number of aromatic nitrogens is 1. The number of hydrogen-bond acceptors (Lipinski definition) is 2. The number of benzene rings is 1. The minimum absolute atomic E-state index is 0.278. The van der Waals surface area contributed by atoms with E-state index in [-0.39, 0.29) is 11.7 Å². The van der Waals surface area contributed by atoms with Gasteiger partial charge in [-0.1, -0.05) is 11.6 Å². The van der Waals surface area contributed by atoms with Crippen LogP contribution in [-0.4, -0.2) is 4.98 Å². The van der Waals surface area contributed by atoms with Crippen LogP contribution in [0.2, 0.25) is 5.02 Å². The summed E-state index contributed by atoms with van der Waals surface area (Å²) in [5, 5.41) is 0.372. The topological polar surface area (TPSA) is 22.1 Å². The summed E-state index contributed by atoms with van der Waals surface area (Å²) < 4.78 is 18.5. The van der Waals surface area contributed by atoms with Crippen LogP contribution in [0, 0.1) is 12.7 Å². The monoisotopic (exact) mass is 285 g/mol. The maximum Gasteiger partial charge on any atom is 0.238 e. The second-order valence-electron chi connectivity index (χ2n) is 3.78. The van der Waals surface area contributed by atoms with E-state index in [4.69, 9.17) is 27.9 Å². The lowest BCUT2D eigenvalue weighted by Crippen LogP contribution is -1.93. The van der Waals surface area contributed by atoms with Crippen LogP contribution in [0.25, 0.3) is 0 Å². The molecule has 5 heteroatoms. The minimum Gasteiger partial charge on any atom is -0.437 e. The second kappa shape index (κ2) is 5.55. The van der Waals surface area contributed by atoms with E-state index in [1.54, 1.807) is 19.2 Å². The van der Waals surface area contributed by atoms with Gasteiger partial charge in [0.1, 0.15) is 16.6 Å². The van der Waals surface area contributed by atoms with Crippen LogP contribution in [0.1, 0.15) is 11.1 Å². The van der Waals surface area contributed by atoms with E-state index in [9.17, 15) is 4.39 Å². The predicted molar refractivity (Wildman–Crippen MR) is 70.0 cm³/mol. The Balaban J connectivity index is 2.28. The molecule has 94 valence electrons. The molecule has 0 N–H and O–H groups in total. The van der Waals surface area contributed by atoms with Crippen LogP contribution in [-0.2, 0) is 5.88 Å². The summed E-state index contributed by atoms with van der Waals surface area (Å²) in [7, 11) is 0. The quantitative estimate of drug-likeness (QED) is 0.762. The molecule has 0 aliphatic heterocycles. The number of alkyl halides is 1. The van der Waals surface area contributed by atoms with Gasteiger partial charge in [-0.15, -0.1) is 11.6 Å². The van der Waals surface area contributed by atoms with Crippen molar-refractivity contribution in [1.29, 1.82) is 0 Å². The Morgan fingerprint density at radius 1 is 1.33 bits per heavy atom. The maximum absolute atomic E-state index is 13.0. The van der Waals surface area contributed by atoms with Crippen molar-refractivity contribution in [3.8, 4) is 11.6 Å². The SMILES string of the molecule is Cc1cc(F)ccc1Oc1ncc(CCl)cc1Cl. The average Bonchev–Trinajstić information content (AvgIpc) is 2.34. The predicted octanol–water partition coefficient (Wildman–Crippen LogP) is 4.71. The number of halogens is 3. The van der Waals surface area contributed by atoms with Crippen molar-refractivity contribution in [3.63, 3.8) is 0 Å². The first-order chi connectivity index (χ1) is 8.60. The number of pyridine rings is 1. The van der Waals surface area contributed by atoms with E-state index in [0.29, 0.717) is 22.2 Å². The molecule has 1 aromatic heterocycles. The van der Waals surface area contributed by atoms with Gasteiger partial charge in [0.25, 0.3) is 0 Å². The molecule has 0 bridgehead atoms. The zero-order valence-corrected chi connectivity index (χ0v) is 11.1. The third-order valence-corrected chi connectivity index (χ3v) is 2.94. The van der Waals surface area contributed by atoms with Crippen molar-refractivity contribution in [2.45, 2.75) is 12.8 Å². The molecule has 18 heavy (non-hydrogen) atoms. The highest BCUT2D eigenvalue weighted by atomic mass is 35.5. The summed E-state index contributed by atoms with van der Waals surface area (Å²) in [6.07, 6.45) is 1.59. The Morgan fingerprint density at radius 2 is 2.11 bits per heavy atom. The zero-order valence-electron chi connectivity index (χ0n) is 9.58. The first-order valence-corrected chi connectivity index (χ1v) is 6.16. The van der Waals surface area contributed by atoms with Gasteiger partial charge in [0.2, 0.25) is 5.88 Å². The van der Waals surface area contributed by atoms with Crippen molar-refractivity contribution < 1.29 is 9.13 Å². The molecule has 1 heterocycles. The lowest BCUT2D eigenvalue weighted by molar-refractivity contribution is 0.457. The Kier molecular flexibility index (Phi) is 4.04. The Hall–Kier alpha value is -1.32. The van der Waals surface area contributed by atoms with Crippen molar-refractivity contribution >= 4 is 23.2 Å².